The second kappa shape index (κ2) is 4.75. The highest BCUT2D eigenvalue weighted by atomic mass is 14.2. The van der Waals surface area contributed by atoms with E-state index in [1.807, 2.05) is 12.1 Å². The highest BCUT2D eigenvalue weighted by Gasteiger charge is 2.17. The van der Waals surface area contributed by atoms with Gasteiger partial charge in [0.15, 0.2) is 0 Å². The van der Waals surface area contributed by atoms with Crippen molar-refractivity contribution in [2.75, 3.05) is 0 Å². The monoisotopic (exact) mass is 223 g/mol. The van der Waals surface area contributed by atoms with Gasteiger partial charge in [-0.25, -0.2) is 0 Å². The van der Waals surface area contributed by atoms with Gasteiger partial charge in [-0.3, -0.25) is 0 Å². The van der Waals surface area contributed by atoms with Gasteiger partial charge in [0, 0.05) is 0 Å². The van der Waals surface area contributed by atoms with Crippen LogP contribution in [0.25, 0.3) is 0 Å². The Morgan fingerprint density at radius 1 is 0.941 bits per heavy atom. The van der Waals surface area contributed by atoms with Crippen molar-refractivity contribution in [2.45, 2.75) is 32.6 Å². The zero-order valence-electron chi connectivity index (χ0n) is 10.8. The van der Waals surface area contributed by atoms with Gasteiger partial charge in [0.25, 0.3) is 0 Å². The molecule has 0 unspecified atom stereocenters. The molecule has 2 aromatic carbocycles. The first kappa shape index (κ1) is 11.9. The van der Waals surface area contributed by atoms with E-state index in [1.54, 1.807) is 0 Å². The first-order valence-corrected chi connectivity index (χ1v) is 6.11. The molecule has 0 heterocycles. The van der Waals surface area contributed by atoms with Gasteiger partial charge in [-0.2, -0.15) is 0 Å². The van der Waals surface area contributed by atoms with Gasteiger partial charge in [0.2, 0.25) is 0 Å². The molecule has 0 saturated carbocycles. The molecule has 1 radical (unpaired) electrons. The number of hydrogen-bond acceptors (Lipinski definition) is 0. The molecule has 0 aliphatic rings. The van der Waals surface area contributed by atoms with Crippen LogP contribution in [0.2, 0.25) is 0 Å². The average molecular weight is 223 g/mol. The molecule has 0 aliphatic heterocycles. The molecule has 0 amide bonds. The van der Waals surface area contributed by atoms with Crippen LogP contribution in [0, 0.1) is 6.07 Å². The standard InChI is InChI=1S/C17H19/c1-17(2,3)16-12-8-7-11-15(16)13-14-9-5-4-6-10-14/h4-9,11-12H,13H2,1-3H3. The highest BCUT2D eigenvalue weighted by molar-refractivity contribution is 5.36. The molecule has 2 rings (SSSR count). The summed E-state index contributed by atoms with van der Waals surface area (Å²) in [5.74, 6) is 0. The molecule has 0 N–H and O–H groups in total. The van der Waals surface area contributed by atoms with E-state index < -0.39 is 0 Å². The van der Waals surface area contributed by atoms with Crippen LogP contribution >= 0.6 is 0 Å². The van der Waals surface area contributed by atoms with E-state index >= 15 is 0 Å². The lowest BCUT2D eigenvalue weighted by molar-refractivity contribution is 0.584. The smallest absolute Gasteiger partial charge is 0.00167 e. The zero-order chi connectivity index (χ0) is 12.3. The third-order valence-corrected chi connectivity index (χ3v) is 2.98. The van der Waals surface area contributed by atoms with Crippen LogP contribution in [0.5, 0.6) is 0 Å². The Morgan fingerprint density at radius 3 is 2.29 bits per heavy atom. The van der Waals surface area contributed by atoms with Crippen LogP contribution in [0.3, 0.4) is 0 Å². The Bertz CT molecular complexity index is 475. The topological polar surface area (TPSA) is 0 Å². The van der Waals surface area contributed by atoms with E-state index in [4.69, 9.17) is 0 Å². The average Bonchev–Trinajstić information content (AvgIpc) is 2.30. The van der Waals surface area contributed by atoms with Crippen LogP contribution in [-0.2, 0) is 11.8 Å². The van der Waals surface area contributed by atoms with Crippen molar-refractivity contribution in [3.63, 3.8) is 0 Å². The molecule has 0 nitrogen and oxygen atoms in total. The number of hydrogen-bond donors (Lipinski definition) is 0. The Balaban J connectivity index is 2.34. The third-order valence-electron chi connectivity index (χ3n) is 2.98. The molecular weight excluding hydrogens is 204 g/mol. The van der Waals surface area contributed by atoms with Gasteiger partial charge < -0.3 is 0 Å². The number of benzene rings is 2. The summed E-state index contributed by atoms with van der Waals surface area (Å²) in [5, 5.41) is 0. The maximum atomic E-state index is 3.30. The predicted molar refractivity (Wildman–Crippen MR) is 73.2 cm³/mol. The van der Waals surface area contributed by atoms with Crippen LogP contribution in [0.15, 0.2) is 48.5 Å². The fourth-order valence-electron chi connectivity index (χ4n) is 2.15. The summed E-state index contributed by atoms with van der Waals surface area (Å²) in [7, 11) is 0. The fraction of sp³-hybridized carbons (Fsp3) is 0.294. The summed E-state index contributed by atoms with van der Waals surface area (Å²) < 4.78 is 0. The van der Waals surface area contributed by atoms with E-state index in [1.165, 1.54) is 16.7 Å². The minimum atomic E-state index is 0.200. The lowest BCUT2D eigenvalue weighted by Gasteiger charge is -2.22. The van der Waals surface area contributed by atoms with E-state index in [0.717, 1.165) is 6.42 Å². The molecule has 0 saturated heterocycles. The molecule has 17 heavy (non-hydrogen) atoms. The van der Waals surface area contributed by atoms with Gasteiger partial charge in [-0.1, -0.05) is 69.3 Å². The summed E-state index contributed by atoms with van der Waals surface area (Å²) >= 11 is 0. The molecular formula is C17H19. The van der Waals surface area contributed by atoms with Crippen molar-refractivity contribution >= 4 is 0 Å². The molecule has 87 valence electrons. The molecule has 2 aromatic rings. The fourth-order valence-corrected chi connectivity index (χ4v) is 2.15. The largest absolute Gasteiger partial charge is 0.0620 e. The minimum Gasteiger partial charge on any atom is -0.0620 e. The first-order valence-electron chi connectivity index (χ1n) is 6.11. The van der Waals surface area contributed by atoms with Crippen molar-refractivity contribution in [2.24, 2.45) is 0 Å². The molecule has 0 spiro atoms. The van der Waals surface area contributed by atoms with Crippen LogP contribution in [0.4, 0.5) is 0 Å². The molecule has 0 aromatic heterocycles. The number of rotatable bonds is 2. The normalized spacial score (nSPS) is 11.5. The van der Waals surface area contributed by atoms with Gasteiger partial charge in [0.05, 0.1) is 0 Å². The lowest BCUT2D eigenvalue weighted by atomic mass is 9.82. The Kier molecular flexibility index (Phi) is 3.33. The zero-order valence-corrected chi connectivity index (χ0v) is 10.8. The van der Waals surface area contributed by atoms with Crippen molar-refractivity contribution in [1.29, 1.82) is 0 Å². The van der Waals surface area contributed by atoms with Gasteiger partial charge in [0.1, 0.15) is 0 Å². The molecule has 0 heteroatoms. The van der Waals surface area contributed by atoms with E-state index in [2.05, 4.69) is 63.2 Å². The lowest BCUT2D eigenvalue weighted by Crippen LogP contribution is -2.14. The third kappa shape index (κ3) is 2.97. The first-order chi connectivity index (χ1) is 8.07. The SMILES string of the molecule is CC(C)(C)c1ccccc1Cc1[c]cccc1. The Labute approximate surface area is 104 Å². The van der Waals surface area contributed by atoms with E-state index in [-0.39, 0.29) is 5.41 Å². The van der Waals surface area contributed by atoms with Crippen LogP contribution in [0.1, 0.15) is 37.5 Å². The molecule has 0 fully saturated rings. The van der Waals surface area contributed by atoms with Gasteiger partial charge in [-0.15, -0.1) is 0 Å². The summed E-state index contributed by atoms with van der Waals surface area (Å²) in [5.41, 5.74) is 4.29. The van der Waals surface area contributed by atoms with E-state index in [0.29, 0.717) is 0 Å². The quantitative estimate of drug-likeness (QED) is 0.709. The van der Waals surface area contributed by atoms with Gasteiger partial charge in [-0.05, 0) is 34.6 Å². The summed E-state index contributed by atoms with van der Waals surface area (Å²) in [6.45, 7) is 6.79. The minimum absolute atomic E-state index is 0.200. The van der Waals surface area contributed by atoms with Crippen molar-refractivity contribution < 1.29 is 0 Å². The van der Waals surface area contributed by atoms with E-state index in [9.17, 15) is 0 Å². The highest BCUT2D eigenvalue weighted by Crippen LogP contribution is 2.27. The summed E-state index contributed by atoms with van der Waals surface area (Å²) in [6.07, 6.45) is 0.967. The second-order valence-corrected chi connectivity index (χ2v) is 5.47. The summed E-state index contributed by atoms with van der Waals surface area (Å²) in [6, 6.07) is 20.2. The van der Waals surface area contributed by atoms with Gasteiger partial charge >= 0.3 is 0 Å². The Hall–Kier alpha value is -1.56. The Morgan fingerprint density at radius 2 is 1.65 bits per heavy atom. The van der Waals surface area contributed by atoms with Crippen molar-refractivity contribution in [3.05, 3.63) is 71.3 Å². The maximum absolute atomic E-state index is 3.30. The van der Waals surface area contributed by atoms with Crippen molar-refractivity contribution in [1.82, 2.24) is 0 Å². The summed E-state index contributed by atoms with van der Waals surface area (Å²) in [4.78, 5) is 0. The van der Waals surface area contributed by atoms with Crippen LogP contribution < -0.4 is 0 Å². The van der Waals surface area contributed by atoms with Crippen molar-refractivity contribution in [3.8, 4) is 0 Å². The second-order valence-electron chi connectivity index (χ2n) is 5.47. The molecule has 0 aliphatic carbocycles. The van der Waals surface area contributed by atoms with Crippen LogP contribution in [-0.4, -0.2) is 0 Å². The molecule has 0 atom stereocenters. The maximum Gasteiger partial charge on any atom is -0.00167 e. The molecule has 0 bridgehead atoms. The predicted octanol–water partition coefficient (Wildman–Crippen LogP) is 4.38.